The minimum absolute atomic E-state index is 0.364. The molecule has 5 nitrogen and oxygen atoms in total. The molecule has 1 unspecified atom stereocenters. The van der Waals surface area contributed by atoms with Crippen LogP contribution in [0.25, 0.3) is 0 Å². The molecule has 1 atom stereocenters. The predicted molar refractivity (Wildman–Crippen MR) is 76.4 cm³/mol. The molecule has 2 rings (SSSR count). The first kappa shape index (κ1) is 15.0. The second kappa shape index (κ2) is 6.85. The van der Waals surface area contributed by atoms with E-state index in [-0.39, 0.29) is 5.82 Å². The van der Waals surface area contributed by atoms with Gasteiger partial charge < -0.3 is 4.74 Å². The number of hydrazine groups is 1. The number of halogens is 1. The Bertz CT molecular complexity index is 614. The van der Waals surface area contributed by atoms with Crippen molar-refractivity contribution in [1.82, 2.24) is 10.9 Å². The molecular formula is C14H13FN2O3S. The van der Waals surface area contributed by atoms with Crippen molar-refractivity contribution in [3.63, 3.8) is 0 Å². The number of carbonyl (C=O) groups excluding carboxylic acids is 2. The lowest BCUT2D eigenvalue weighted by atomic mass is 10.3. The molecular weight excluding hydrogens is 295 g/mol. The molecule has 0 spiro atoms. The summed E-state index contributed by atoms with van der Waals surface area (Å²) in [7, 11) is 0. The van der Waals surface area contributed by atoms with Crippen molar-refractivity contribution in [3.8, 4) is 5.75 Å². The summed E-state index contributed by atoms with van der Waals surface area (Å²) < 4.78 is 18.1. The van der Waals surface area contributed by atoms with Gasteiger partial charge in [-0.3, -0.25) is 20.4 Å². The quantitative estimate of drug-likeness (QED) is 0.850. The van der Waals surface area contributed by atoms with Gasteiger partial charge in [-0.15, -0.1) is 11.3 Å². The SMILES string of the molecule is CC(Oc1ccc(F)cc1)C(=O)NNC(=O)c1cccs1. The summed E-state index contributed by atoms with van der Waals surface area (Å²) in [6.07, 6.45) is -0.834. The first-order valence-corrected chi connectivity index (χ1v) is 7.00. The van der Waals surface area contributed by atoms with Crippen molar-refractivity contribution in [2.75, 3.05) is 0 Å². The van der Waals surface area contributed by atoms with Crippen LogP contribution in [0.15, 0.2) is 41.8 Å². The predicted octanol–water partition coefficient (Wildman–Crippen LogP) is 2.12. The van der Waals surface area contributed by atoms with Gasteiger partial charge in [-0.25, -0.2) is 4.39 Å². The summed E-state index contributed by atoms with van der Waals surface area (Å²) in [5.74, 6) is -0.928. The normalized spacial score (nSPS) is 11.5. The number of thiophene rings is 1. The summed E-state index contributed by atoms with van der Waals surface area (Å²) in [6.45, 7) is 1.52. The summed E-state index contributed by atoms with van der Waals surface area (Å²) in [5, 5.41) is 1.76. The van der Waals surface area contributed by atoms with Gasteiger partial charge >= 0.3 is 0 Å². The molecule has 7 heteroatoms. The topological polar surface area (TPSA) is 67.4 Å². The smallest absolute Gasteiger partial charge is 0.279 e. The molecule has 0 saturated carbocycles. The fourth-order valence-electron chi connectivity index (χ4n) is 1.46. The molecule has 0 radical (unpaired) electrons. The minimum Gasteiger partial charge on any atom is -0.481 e. The highest BCUT2D eigenvalue weighted by atomic mass is 32.1. The zero-order valence-electron chi connectivity index (χ0n) is 11.1. The Kier molecular flexibility index (Phi) is 4.89. The maximum Gasteiger partial charge on any atom is 0.279 e. The van der Waals surface area contributed by atoms with Crippen molar-refractivity contribution in [2.24, 2.45) is 0 Å². The number of rotatable bonds is 4. The number of carbonyl (C=O) groups is 2. The average molecular weight is 308 g/mol. The number of benzene rings is 1. The third-order valence-electron chi connectivity index (χ3n) is 2.54. The highest BCUT2D eigenvalue weighted by molar-refractivity contribution is 7.12. The second-order valence-electron chi connectivity index (χ2n) is 4.13. The zero-order valence-corrected chi connectivity index (χ0v) is 11.9. The Morgan fingerprint density at radius 2 is 1.90 bits per heavy atom. The lowest BCUT2D eigenvalue weighted by molar-refractivity contribution is -0.128. The first-order valence-electron chi connectivity index (χ1n) is 6.12. The van der Waals surface area contributed by atoms with E-state index in [1.165, 1.54) is 42.5 Å². The summed E-state index contributed by atoms with van der Waals surface area (Å²) in [4.78, 5) is 23.9. The van der Waals surface area contributed by atoms with Gasteiger partial charge in [-0.2, -0.15) is 0 Å². The van der Waals surface area contributed by atoms with Crippen LogP contribution in [0.5, 0.6) is 5.75 Å². The van der Waals surface area contributed by atoms with E-state index in [1.54, 1.807) is 17.5 Å². The molecule has 1 heterocycles. The van der Waals surface area contributed by atoms with Gasteiger partial charge in [0, 0.05) is 0 Å². The molecule has 2 aromatic rings. The van der Waals surface area contributed by atoms with Gasteiger partial charge in [-0.05, 0) is 42.6 Å². The number of hydrogen-bond acceptors (Lipinski definition) is 4. The van der Waals surface area contributed by atoms with Crippen LogP contribution in [-0.2, 0) is 4.79 Å². The summed E-state index contributed by atoms with van der Waals surface area (Å²) in [6, 6.07) is 8.69. The third-order valence-corrected chi connectivity index (χ3v) is 3.41. The largest absolute Gasteiger partial charge is 0.481 e. The van der Waals surface area contributed by atoms with Gasteiger partial charge in [0.25, 0.3) is 11.8 Å². The zero-order chi connectivity index (χ0) is 15.2. The molecule has 2 amide bonds. The van der Waals surface area contributed by atoms with E-state index in [9.17, 15) is 14.0 Å². The monoisotopic (exact) mass is 308 g/mol. The van der Waals surface area contributed by atoms with E-state index in [4.69, 9.17) is 4.74 Å². The minimum atomic E-state index is -0.834. The third kappa shape index (κ3) is 4.28. The van der Waals surface area contributed by atoms with Gasteiger partial charge in [0.2, 0.25) is 0 Å². The van der Waals surface area contributed by atoms with E-state index in [2.05, 4.69) is 10.9 Å². The Balaban J connectivity index is 1.82. The molecule has 0 bridgehead atoms. The lowest BCUT2D eigenvalue weighted by Crippen LogP contribution is -2.47. The van der Waals surface area contributed by atoms with E-state index < -0.39 is 17.9 Å². The fourth-order valence-corrected chi connectivity index (χ4v) is 2.08. The number of hydrogen-bond donors (Lipinski definition) is 2. The average Bonchev–Trinajstić information content (AvgIpc) is 3.01. The van der Waals surface area contributed by atoms with Crippen molar-refractivity contribution in [1.29, 1.82) is 0 Å². The standard InChI is InChI=1S/C14H13FN2O3S/c1-9(20-11-6-4-10(15)5-7-11)13(18)16-17-14(19)12-3-2-8-21-12/h2-9H,1H3,(H,16,18)(H,17,19). The Labute approximate surface area is 124 Å². The molecule has 0 saturated heterocycles. The van der Waals surface area contributed by atoms with Crippen molar-refractivity contribution in [2.45, 2.75) is 13.0 Å². The van der Waals surface area contributed by atoms with Crippen molar-refractivity contribution in [3.05, 3.63) is 52.5 Å². The van der Waals surface area contributed by atoms with E-state index >= 15 is 0 Å². The van der Waals surface area contributed by atoms with Crippen LogP contribution in [0.3, 0.4) is 0 Å². The van der Waals surface area contributed by atoms with Crippen LogP contribution in [0.4, 0.5) is 4.39 Å². The van der Waals surface area contributed by atoms with Gasteiger partial charge in [0.05, 0.1) is 4.88 Å². The molecule has 110 valence electrons. The highest BCUT2D eigenvalue weighted by Crippen LogP contribution is 2.13. The molecule has 21 heavy (non-hydrogen) atoms. The molecule has 2 N–H and O–H groups in total. The van der Waals surface area contributed by atoms with Crippen molar-refractivity contribution < 1.29 is 18.7 Å². The Hall–Kier alpha value is -2.41. The number of nitrogens with one attached hydrogen (secondary N) is 2. The van der Waals surface area contributed by atoms with Crippen LogP contribution < -0.4 is 15.6 Å². The van der Waals surface area contributed by atoms with Crippen molar-refractivity contribution >= 4 is 23.2 Å². The lowest BCUT2D eigenvalue weighted by Gasteiger charge is -2.14. The van der Waals surface area contributed by atoms with Gasteiger partial charge in [0.1, 0.15) is 11.6 Å². The Morgan fingerprint density at radius 1 is 1.19 bits per heavy atom. The number of ether oxygens (including phenoxy) is 1. The maximum atomic E-state index is 12.7. The summed E-state index contributed by atoms with van der Waals surface area (Å²) >= 11 is 1.26. The molecule has 0 fully saturated rings. The van der Waals surface area contributed by atoms with E-state index in [1.807, 2.05) is 0 Å². The molecule has 1 aromatic carbocycles. The number of amides is 2. The van der Waals surface area contributed by atoms with Gasteiger partial charge in [0.15, 0.2) is 6.10 Å². The Morgan fingerprint density at radius 3 is 2.52 bits per heavy atom. The van der Waals surface area contributed by atoms with E-state index in [0.29, 0.717) is 10.6 Å². The second-order valence-corrected chi connectivity index (χ2v) is 5.08. The van der Waals surface area contributed by atoms with Crippen LogP contribution in [0.1, 0.15) is 16.6 Å². The van der Waals surface area contributed by atoms with Crippen LogP contribution >= 0.6 is 11.3 Å². The highest BCUT2D eigenvalue weighted by Gasteiger charge is 2.16. The molecule has 0 aliphatic heterocycles. The van der Waals surface area contributed by atoms with Crippen LogP contribution in [0, 0.1) is 5.82 Å². The molecule has 1 aromatic heterocycles. The van der Waals surface area contributed by atoms with E-state index in [0.717, 1.165) is 0 Å². The summed E-state index contributed by atoms with van der Waals surface area (Å²) in [5.41, 5.74) is 4.56. The molecule has 0 aliphatic carbocycles. The van der Waals surface area contributed by atoms with Gasteiger partial charge in [-0.1, -0.05) is 6.07 Å². The molecule has 0 aliphatic rings. The fraction of sp³-hybridized carbons (Fsp3) is 0.143. The van der Waals surface area contributed by atoms with Crippen LogP contribution in [0.2, 0.25) is 0 Å². The maximum absolute atomic E-state index is 12.7. The van der Waals surface area contributed by atoms with Crippen LogP contribution in [-0.4, -0.2) is 17.9 Å². The first-order chi connectivity index (χ1) is 10.1.